The summed E-state index contributed by atoms with van der Waals surface area (Å²) in [6.45, 7) is 0.417. The molecule has 0 saturated carbocycles. The fraction of sp³-hybridized carbons (Fsp3) is 0.167. The van der Waals surface area contributed by atoms with Crippen molar-refractivity contribution < 1.29 is 14.6 Å². The Labute approximate surface area is 98.3 Å². The van der Waals surface area contributed by atoms with Gasteiger partial charge in [0, 0.05) is 18.8 Å². The van der Waals surface area contributed by atoms with Crippen molar-refractivity contribution in [1.82, 2.24) is 9.78 Å². The molecule has 0 fully saturated rings. The minimum absolute atomic E-state index is 0.249. The third-order valence-electron chi connectivity index (χ3n) is 2.27. The van der Waals surface area contributed by atoms with Gasteiger partial charge in [-0.15, -0.1) is 0 Å². The molecule has 0 atom stereocenters. The smallest absolute Gasteiger partial charge is 0.335 e. The number of carboxylic acids is 1. The first-order valence-electron chi connectivity index (χ1n) is 5.09. The number of carbonyl (C=O) groups is 1. The minimum atomic E-state index is -0.941. The predicted molar refractivity (Wildman–Crippen MR) is 60.9 cm³/mol. The Balaban J connectivity index is 1.97. The Morgan fingerprint density at radius 2 is 2.12 bits per heavy atom. The molecular weight excluding hydrogens is 220 g/mol. The number of aromatic carboxylic acids is 1. The van der Waals surface area contributed by atoms with E-state index in [0.29, 0.717) is 12.4 Å². The predicted octanol–water partition coefficient (Wildman–Crippen LogP) is 1.70. The quantitative estimate of drug-likeness (QED) is 0.871. The molecule has 88 valence electrons. The molecule has 0 unspecified atom stereocenters. The molecule has 0 aliphatic carbocycles. The van der Waals surface area contributed by atoms with Crippen LogP contribution in [0.2, 0.25) is 0 Å². The maximum Gasteiger partial charge on any atom is 0.335 e. The maximum absolute atomic E-state index is 10.6. The summed E-state index contributed by atoms with van der Waals surface area (Å²) in [6, 6.07) is 6.31. The van der Waals surface area contributed by atoms with Crippen LogP contribution in [0.1, 0.15) is 15.9 Å². The zero-order valence-corrected chi connectivity index (χ0v) is 9.33. The summed E-state index contributed by atoms with van der Waals surface area (Å²) in [5.74, 6) is -0.303. The highest BCUT2D eigenvalue weighted by Gasteiger charge is 2.02. The molecule has 5 heteroatoms. The second-order valence-electron chi connectivity index (χ2n) is 3.64. The number of hydrogen-bond donors (Lipinski definition) is 1. The van der Waals surface area contributed by atoms with Crippen LogP contribution in [0, 0.1) is 0 Å². The van der Waals surface area contributed by atoms with Gasteiger partial charge in [-0.2, -0.15) is 5.10 Å². The second kappa shape index (κ2) is 4.69. The zero-order chi connectivity index (χ0) is 12.3. The number of aromatic nitrogens is 2. The lowest BCUT2D eigenvalue weighted by atomic mass is 10.2. The molecule has 0 aliphatic rings. The zero-order valence-electron chi connectivity index (χ0n) is 9.33. The van der Waals surface area contributed by atoms with Gasteiger partial charge >= 0.3 is 5.97 Å². The Morgan fingerprint density at radius 1 is 1.41 bits per heavy atom. The molecule has 0 radical (unpaired) electrons. The average Bonchev–Trinajstić information content (AvgIpc) is 2.73. The molecule has 1 aromatic carbocycles. The van der Waals surface area contributed by atoms with Crippen LogP contribution in [0.15, 0.2) is 36.7 Å². The van der Waals surface area contributed by atoms with Crippen molar-refractivity contribution in [3.8, 4) is 5.75 Å². The van der Waals surface area contributed by atoms with Crippen molar-refractivity contribution >= 4 is 5.97 Å². The Hall–Kier alpha value is -2.30. The van der Waals surface area contributed by atoms with Crippen LogP contribution in [0.5, 0.6) is 5.75 Å². The maximum atomic E-state index is 10.6. The molecule has 0 aliphatic heterocycles. The van der Waals surface area contributed by atoms with Gasteiger partial charge in [0.25, 0.3) is 0 Å². The van der Waals surface area contributed by atoms with Crippen LogP contribution >= 0.6 is 0 Å². The highest BCUT2D eigenvalue weighted by atomic mass is 16.5. The van der Waals surface area contributed by atoms with Crippen molar-refractivity contribution in [2.24, 2.45) is 7.05 Å². The summed E-state index contributed by atoms with van der Waals surface area (Å²) in [7, 11) is 1.84. The van der Waals surface area contributed by atoms with Crippen LogP contribution < -0.4 is 4.74 Å². The van der Waals surface area contributed by atoms with E-state index in [0.717, 1.165) is 5.56 Å². The topological polar surface area (TPSA) is 64.3 Å². The van der Waals surface area contributed by atoms with Crippen molar-refractivity contribution in [2.45, 2.75) is 6.61 Å². The van der Waals surface area contributed by atoms with E-state index in [2.05, 4.69) is 5.10 Å². The van der Waals surface area contributed by atoms with Gasteiger partial charge in [-0.25, -0.2) is 4.79 Å². The van der Waals surface area contributed by atoms with Crippen molar-refractivity contribution in [3.63, 3.8) is 0 Å². The van der Waals surface area contributed by atoms with Crippen LogP contribution in [-0.4, -0.2) is 20.9 Å². The largest absolute Gasteiger partial charge is 0.489 e. The molecule has 1 heterocycles. The first-order valence-corrected chi connectivity index (χ1v) is 5.09. The molecule has 0 saturated heterocycles. The summed E-state index contributed by atoms with van der Waals surface area (Å²) in [5.41, 5.74) is 1.22. The Kier molecular flexibility index (Phi) is 3.09. The van der Waals surface area contributed by atoms with E-state index < -0.39 is 5.97 Å². The van der Waals surface area contributed by atoms with Gasteiger partial charge in [-0.1, -0.05) is 0 Å². The van der Waals surface area contributed by atoms with Crippen LogP contribution in [-0.2, 0) is 13.7 Å². The number of hydrogen-bond acceptors (Lipinski definition) is 3. The number of nitrogens with zero attached hydrogens (tertiary/aromatic N) is 2. The van der Waals surface area contributed by atoms with Gasteiger partial charge in [0.1, 0.15) is 12.4 Å². The third-order valence-corrected chi connectivity index (χ3v) is 2.27. The molecule has 0 bridgehead atoms. The summed E-state index contributed by atoms with van der Waals surface area (Å²) in [5, 5.41) is 12.8. The van der Waals surface area contributed by atoms with Crippen LogP contribution in [0.25, 0.3) is 0 Å². The summed E-state index contributed by atoms with van der Waals surface area (Å²) in [4.78, 5) is 10.6. The summed E-state index contributed by atoms with van der Waals surface area (Å²) < 4.78 is 7.19. The lowest BCUT2D eigenvalue weighted by molar-refractivity contribution is 0.0697. The van der Waals surface area contributed by atoms with E-state index in [9.17, 15) is 4.79 Å². The number of rotatable bonds is 4. The van der Waals surface area contributed by atoms with E-state index in [-0.39, 0.29) is 5.56 Å². The standard InChI is InChI=1S/C12H12N2O3/c1-14-7-9(6-13-14)8-17-11-4-2-10(3-5-11)12(15)16/h2-7H,8H2,1H3,(H,15,16). The van der Waals surface area contributed by atoms with Crippen LogP contribution in [0.3, 0.4) is 0 Å². The third kappa shape index (κ3) is 2.84. The fourth-order valence-electron chi connectivity index (χ4n) is 1.41. The number of aryl methyl sites for hydroxylation is 1. The van der Waals surface area contributed by atoms with E-state index in [1.807, 2.05) is 13.2 Å². The molecule has 1 N–H and O–H groups in total. The molecule has 5 nitrogen and oxygen atoms in total. The lowest BCUT2D eigenvalue weighted by Crippen LogP contribution is -1.97. The molecular formula is C12H12N2O3. The normalized spacial score (nSPS) is 10.2. The minimum Gasteiger partial charge on any atom is -0.489 e. The Bertz CT molecular complexity index is 517. The van der Waals surface area contributed by atoms with E-state index in [4.69, 9.17) is 9.84 Å². The highest BCUT2D eigenvalue weighted by molar-refractivity contribution is 5.87. The van der Waals surface area contributed by atoms with Gasteiger partial charge in [0.2, 0.25) is 0 Å². The van der Waals surface area contributed by atoms with Crippen LogP contribution in [0.4, 0.5) is 0 Å². The molecule has 1 aromatic heterocycles. The van der Waals surface area contributed by atoms with Gasteiger partial charge in [-0.3, -0.25) is 4.68 Å². The summed E-state index contributed by atoms with van der Waals surface area (Å²) >= 11 is 0. The number of ether oxygens (including phenoxy) is 1. The van der Waals surface area contributed by atoms with Gasteiger partial charge in [0.05, 0.1) is 11.8 Å². The average molecular weight is 232 g/mol. The molecule has 2 rings (SSSR count). The van der Waals surface area contributed by atoms with Gasteiger partial charge in [0.15, 0.2) is 0 Å². The van der Waals surface area contributed by atoms with Gasteiger partial charge in [-0.05, 0) is 24.3 Å². The second-order valence-corrected chi connectivity index (χ2v) is 3.64. The van der Waals surface area contributed by atoms with Crippen molar-refractivity contribution in [1.29, 1.82) is 0 Å². The molecule has 17 heavy (non-hydrogen) atoms. The van der Waals surface area contributed by atoms with E-state index in [1.165, 1.54) is 12.1 Å². The van der Waals surface area contributed by atoms with Crippen molar-refractivity contribution in [3.05, 3.63) is 47.8 Å². The first-order chi connectivity index (χ1) is 8.15. The van der Waals surface area contributed by atoms with Gasteiger partial charge < -0.3 is 9.84 Å². The van der Waals surface area contributed by atoms with E-state index in [1.54, 1.807) is 23.0 Å². The fourth-order valence-corrected chi connectivity index (χ4v) is 1.41. The molecule has 0 spiro atoms. The first kappa shape index (κ1) is 11.2. The summed E-state index contributed by atoms with van der Waals surface area (Å²) in [6.07, 6.45) is 3.59. The van der Waals surface area contributed by atoms with E-state index >= 15 is 0 Å². The highest BCUT2D eigenvalue weighted by Crippen LogP contribution is 2.13. The molecule has 0 amide bonds. The van der Waals surface area contributed by atoms with Crippen molar-refractivity contribution in [2.75, 3.05) is 0 Å². The lowest BCUT2D eigenvalue weighted by Gasteiger charge is -2.04. The monoisotopic (exact) mass is 232 g/mol. The Morgan fingerprint density at radius 3 is 2.65 bits per heavy atom. The molecule has 2 aromatic rings. The SMILES string of the molecule is Cn1cc(COc2ccc(C(=O)O)cc2)cn1. The number of benzene rings is 1. The number of carboxylic acid groups (broad SMARTS) is 1.